The molecule has 0 unspecified atom stereocenters. The summed E-state index contributed by atoms with van der Waals surface area (Å²) in [6.45, 7) is 4.43. The molecule has 0 atom stereocenters. The largest absolute Gasteiger partial charge is 0.494 e. The van der Waals surface area contributed by atoms with Gasteiger partial charge < -0.3 is 10.1 Å². The Morgan fingerprint density at radius 1 is 1.00 bits per heavy atom. The van der Waals surface area contributed by atoms with Gasteiger partial charge in [0.2, 0.25) is 0 Å². The van der Waals surface area contributed by atoms with E-state index >= 15 is 0 Å². The molecule has 0 aliphatic carbocycles. The molecule has 100 valence electrons. The molecule has 0 aliphatic rings. The normalized spacial score (nSPS) is 10.4. The topological polar surface area (TPSA) is 21.3 Å². The first-order valence-corrected chi connectivity index (χ1v) is 7.24. The van der Waals surface area contributed by atoms with Crippen molar-refractivity contribution in [1.82, 2.24) is 5.32 Å². The van der Waals surface area contributed by atoms with Crippen molar-refractivity contribution >= 4 is 15.9 Å². The highest BCUT2D eigenvalue weighted by Gasteiger charge is 1.96. The van der Waals surface area contributed by atoms with Crippen molar-refractivity contribution in [2.24, 2.45) is 0 Å². The smallest absolute Gasteiger partial charge is 0.119 e. The summed E-state index contributed by atoms with van der Waals surface area (Å²) in [6.07, 6.45) is 0. The number of benzene rings is 2. The molecule has 0 aliphatic heterocycles. The molecule has 0 aromatic heterocycles. The minimum Gasteiger partial charge on any atom is -0.494 e. The van der Waals surface area contributed by atoms with Crippen LogP contribution in [-0.2, 0) is 13.1 Å². The first kappa shape index (κ1) is 14.1. The van der Waals surface area contributed by atoms with E-state index < -0.39 is 0 Å². The molecule has 3 heteroatoms. The third-order valence-electron chi connectivity index (χ3n) is 2.78. The molecule has 0 heterocycles. The van der Waals surface area contributed by atoms with Crippen molar-refractivity contribution in [1.29, 1.82) is 0 Å². The summed E-state index contributed by atoms with van der Waals surface area (Å²) in [6, 6.07) is 16.6. The lowest BCUT2D eigenvalue weighted by Gasteiger charge is -2.07. The molecule has 0 spiro atoms. The number of halogens is 1. The Balaban J connectivity index is 1.82. The standard InChI is InChI=1S/C16H18BrNO/c1-2-19-16-8-6-13(7-9-16)11-18-12-14-4-3-5-15(17)10-14/h3-10,18H,2,11-12H2,1H3. The molecule has 0 amide bonds. The monoisotopic (exact) mass is 319 g/mol. The summed E-state index contributed by atoms with van der Waals surface area (Å²) in [4.78, 5) is 0. The fourth-order valence-electron chi connectivity index (χ4n) is 1.87. The maximum absolute atomic E-state index is 5.42. The van der Waals surface area contributed by atoms with Gasteiger partial charge in [0.25, 0.3) is 0 Å². The molecule has 0 saturated heterocycles. The number of rotatable bonds is 6. The highest BCUT2D eigenvalue weighted by molar-refractivity contribution is 9.10. The quantitative estimate of drug-likeness (QED) is 0.864. The van der Waals surface area contributed by atoms with E-state index in [0.29, 0.717) is 6.61 Å². The number of ether oxygens (including phenoxy) is 1. The lowest BCUT2D eigenvalue weighted by molar-refractivity contribution is 0.340. The zero-order valence-electron chi connectivity index (χ0n) is 11.0. The van der Waals surface area contributed by atoms with Crippen LogP contribution in [0, 0.1) is 0 Å². The third-order valence-corrected chi connectivity index (χ3v) is 3.27. The Kier molecular flexibility index (Phi) is 5.43. The molecular formula is C16H18BrNO. The van der Waals surface area contributed by atoms with Gasteiger partial charge in [-0.3, -0.25) is 0 Å². The molecule has 19 heavy (non-hydrogen) atoms. The summed E-state index contributed by atoms with van der Waals surface area (Å²) in [5.74, 6) is 0.929. The van der Waals surface area contributed by atoms with E-state index in [4.69, 9.17) is 4.74 Å². The van der Waals surface area contributed by atoms with Crippen LogP contribution in [0.2, 0.25) is 0 Å². The predicted molar refractivity (Wildman–Crippen MR) is 82.3 cm³/mol. The molecule has 0 bridgehead atoms. The van der Waals surface area contributed by atoms with Crippen molar-refractivity contribution in [3.63, 3.8) is 0 Å². The van der Waals surface area contributed by atoms with Gasteiger partial charge in [-0.25, -0.2) is 0 Å². The number of hydrogen-bond donors (Lipinski definition) is 1. The van der Waals surface area contributed by atoms with Crippen LogP contribution in [0.4, 0.5) is 0 Å². The van der Waals surface area contributed by atoms with Crippen LogP contribution in [-0.4, -0.2) is 6.61 Å². The third kappa shape index (κ3) is 4.69. The van der Waals surface area contributed by atoms with E-state index in [9.17, 15) is 0 Å². The molecule has 2 rings (SSSR count). The minimum absolute atomic E-state index is 0.709. The Morgan fingerprint density at radius 2 is 1.74 bits per heavy atom. The minimum atomic E-state index is 0.709. The average molecular weight is 320 g/mol. The van der Waals surface area contributed by atoms with Gasteiger partial charge in [0.1, 0.15) is 5.75 Å². The van der Waals surface area contributed by atoms with Gasteiger partial charge in [0.15, 0.2) is 0 Å². The van der Waals surface area contributed by atoms with Gasteiger partial charge >= 0.3 is 0 Å². The van der Waals surface area contributed by atoms with Crippen molar-refractivity contribution in [2.45, 2.75) is 20.0 Å². The second-order valence-electron chi connectivity index (χ2n) is 4.31. The molecule has 2 nitrogen and oxygen atoms in total. The summed E-state index contributed by atoms with van der Waals surface area (Å²) >= 11 is 3.48. The highest BCUT2D eigenvalue weighted by atomic mass is 79.9. The van der Waals surface area contributed by atoms with Crippen molar-refractivity contribution in [3.8, 4) is 5.75 Å². The molecule has 0 saturated carbocycles. The molecule has 0 radical (unpaired) electrons. The van der Waals surface area contributed by atoms with Gasteiger partial charge in [-0.1, -0.05) is 40.2 Å². The zero-order chi connectivity index (χ0) is 13.5. The molecule has 2 aromatic rings. The van der Waals surface area contributed by atoms with Crippen molar-refractivity contribution in [2.75, 3.05) is 6.61 Å². The molecule has 2 aromatic carbocycles. The maximum atomic E-state index is 5.42. The Labute approximate surface area is 122 Å². The van der Waals surface area contributed by atoms with E-state index in [1.807, 2.05) is 25.1 Å². The lowest BCUT2D eigenvalue weighted by Crippen LogP contribution is -2.12. The van der Waals surface area contributed by atoms with Gasteiger partial charge in [-0.15, -0.1) is 0 Å². The van der Waals surface area contributed by atoms with Crippen molar-refractivity contribution < 1.29 is 4.74 Å². The average Bonchev–Trinajstić information content (AvgIpc) is 2.41. The summed E-state index contributed by atoms with van der Waals surface area (Å²) in [5.41, 5.74) is 2.54. The first-order valence-electron chi connectivity index (χ1n) is 6.45. The van der Waals surface area contributed by atoms with Gasteiger partial charge in [-0.2, -0.15) is 0 Å². The number of hydrogen-bond acceptors (Lipinski definition) is 2. The number of nitrogens with one attached hydrogen (secondary N) is 1. The van der Waals surface area contributed by atoms with Crippen LogP contribution in [0.3, 0.4) is 0 Å². The van der Waals surface area contributed by atoms with E-state index in [0.717, 1.165) is 23.3 Å². The van der Waals surface area contributed by atoms with Crippen LogP contribution >= 0.6 is 15.9 Å². The maximum Gasteiger partial charge on any atom is 0.119 e. The first-order chi connectivity index (χ1) is 9.28. The summed E-state index contributed by atoms with van der Waals surface area (Å²) in [5, 5.41) is 3.44. The Hall–Kier alpha value is -1.32. The lowest BCUT2D eigenvalue weighted by atomic mass is 10.2. The van der Waals surface area contributed by atoms with E-state index in [-0.39, 0.29) is 0 Å². The SMILES string of the molecule is CCOc1ccc(CNCc2cccc(Br)c2)cc1. The predicted octanol–water partition coefficient (Wildman–Crippen LogP) is 4.14. The van der Waals surface area contributed by atoms with Crippen LogP contribution in [0.25, 0.3) is 0 Å². The van der Waals surface area contributed by atoms with E-state index in [2.05, 4.69) is 51.6 Å². The van der Waals surface area contributed by atoms with E-state index in [1.54, 1.807) is 0 Å². The molecule has 1 N–H and O–H groups in total. The van der Waals surface area contributed by atoms with Crippen LogP contribution in [0.1, 0.15) is 18.1 Å². The van der Waals surface area contributed by atoms with Crippen LogP contribution in [0.5, 0.6) is 5.75 Å². The highest BCUT2D eigenvalue weighted by Crippen LogP contribution is 2.13. The fraction of sp³-hybridized carbons (Fsp3) is 0.250. The Morgan fingerprint density at radius 3 is 2.42 bits per heavy atom. The van der Waals surface area contributed by atoms with Gasteiger partial charge in [-0.05, 0) is 42.3 Å². The zero-order valence-corrected chi connectivity index (χ0v) is 12.6. The second-order valence-corrected chi connectivity index (χ2v) is 5.23. The van der Waals surface area contributed by atoms with Crippen LogP contribution < -0.4 is 10.1 Å². The van der Waals surface area contributed by atoms with Gasteiger partial charge in [0.05, 0.1) is 6.61 Å². The fourth-order valence-corrected chi connectivity index (χ4v) is 2.31. The van der Waals surface area contributed by atoms with Crippen molar-refractivity contribution in [3.05, 3.63) is 64.1 Å². The molecular weight excluding hydrogens is 302 g/mol. The molecule has 0 fully saturated rings. The second kappa shape index (κ2) is 7.31. The summed E-state index contributed by atoms with van der Waals surface area (Å²) in [7, 11) is 0. The Bertz CT molecular complexity index is 510. The van der Waals surface area contributed by atoms with E-state index in [1.165, 1.54) is 11.1 Å². The van der Waals surface area contributed by atoms with Crippen LogP contribution in [0.15, 0.2) is 53.0 Å². The summed E-state index contributed by atoms with van der Waals surface area (Å²) < 4.78 is 6.54. The van der Waals surface area contributed by atoms with Gasteiger partial charge in [0, 0.05) is 17.6 Å².